The number of pyridine rings is 1. The van der Waals surface area contributed by atoms with Crippen molar-refractivity contribution in [2.45, 2.75) is 11.8 Å². The van der Waals surface area contributed by atoms with E-state index in [0.29, 0.717) is 16.6 Å². The maximum atomic E-state index is 13.6. The van der Waals surface area contributed by atoms with Crippen molar-refractivity contribution in [1.29, 1.82) is 0 Å². The van der Waals surface area contributed by atoms with E-state index in [4.69, 9.17) is 0 Å². The second-order valence-corrected chi connectivity index (χ2v) is 7.07. The standard InChI is InChI=1S/C17H11FN2O3S/c1-9-11-7-6-10(18)8-13(11)17(21)16(19-9)15-12-4-2-3-5-14(12)24(22,23)20-15/h2-8,21H,1H3. The van der Waals surface area contributed by atoms with Gasteiger partial charge in [-0.3, -0.25) is 0 Å². The number of aryl methyl sites for hydroxylation is 1. The molecule has 120 valence electrons. The maximum absolute atomic E-state index is 13.6. The first kappa shape index (κ1) is 14.8. The summed E-state index contributed by atoms with van der Waals surface area (Å²) in [5, 5.41) is 11.4. The molecule has 3 aromatic rings. The zero-order valence-corrected chi connectivity index (χ0v) is 13.3. The summed E-state index contributed by atoms with van der Waals surface area (Å²) >= 11 is 0. The van der Waals surface area contributed by atoms with Gasteiger partial charge in [0.25, 0.3) is 10.0 Å². The number of aromatic hydroxyl groups is 1. The highest BCUT2D eigenvalue weighted by atomic mass is 32.2. The van der Waals surface area contributed by atoms with Crippen molar-refractivity contribution in [3.05, 3.63) is 65.2 Å². The van der Waals surface area contributed by atoms with Gasteiger partial charge in [-0.25, -0.2) is 9.37 Å². The molecular weight excluding hydrogens is 331 g/mol. The average molecular weight is 342 g/mol. The van der Waals surface area contributed by atoms with Crippen molar-refractivity contribution >= 4 is 26.5 Å². The van der Waals surface area contributed by atoms with Gasteiger partial charge in [-0.1, -0.05) is 18.2 Å². The van der Waals surface area contributed by atoms with Gasteiger partial charge in [0.1, 0.15) is 17.2 Å². The minimum Gasteiger partial charge on any atom is -0.505 e. The Morgan fingerprint density at radius 2 is 1.83 bits per heavy atom. The molecule has 0 spiro atoms. The second-order valence-electron chi connectivity index (χ2n) is 5.50. The summed E-state index contributed by atoms with van der Waals surface area (Å²) in [6.45, 7) is 1.71. The fourth-order valence-electron chi connectivity index (χ4n) is 2.88. The van der Waals surface area contributed by atoms with Crippen LogP contribution < -0.4 is 0 Å². The van der Waals surface area contributed by atoms with E-state index in [1.54, 1.807) is 25.1 Å². The Bertz CT molecular complexity index is 1150. The van der Waals surface area contributed by atoms with Gasteiger partial charge in [-0.15, -0.1) is 0 Å². The zero-order valence-electron chi connectivity index (χ0n) is 12.5. The van der Waals surface area contributed by atoms with E-state index in [-0.39, 0.29) is 27.4 Å². The smallest absolute Gasteiger partial charge is 0.283 e. The summed E-state index contributed by atoms with van der Waals surface area (Å²) in [6.07, 6.45) is 0. The van der Waals surface area contributed by atoms with Gasteiger partial charge in [-0.2, -0.15) is 12.8 Å². The van der Waals surface area contributed by atoms with E-state index in [0.717, 1.165) is 0 Å². The van der Waals surface area contributed by atoms with Crippen LogP contribution in [0.25, 0.3) is 10.8 Å². The summed E-state index contributed by atoms with van der Waals surface area (Å²) < 4.78 is 41.7. The van der Waals surface area contributed by atoms with Crippen molar-refractivity contribution in [1.82, 2.24) is 4.98 Å². The molecule has 1 N–H and O–H groups in total. The quantitative estimate of drug-likeness (QED) is 0.737. The number of fused-ring (bicyclic) bond motifs is 2. The highest BCUT2D eigenvalue weighted by Gasteiger charge is 2.32. The molecule has 2 heterocycles. The number of nitrogens with zero attached hydrogens (tertiary/aromatic N) is 2. The molecule has 0 bridgehead atoms. The number of hydrogen-bond acceptors (Lipinski definition) is 4. The van der Waals surface area contributed by atoms with E-state index >= 15 is 0 Å². The molecule has 0 radical (unpaired) electrons. The van der Waals surface area contributed by atoms with Gasteiger partial charge >= 0.3 is 0 Å². The van der Waals surface area contributed by atoms with E-state index in [1.807, 2.05) is 0 Å². The van der Waals surface area contributed by atoms with Crippen LogP contribution in [0, 0.1) is 12.7 Å². The first-order valence-electron chi connectivity index (χ1n) is 7.12. The minimum atomic E-state index is -3.83. The third kappa shape index (κ3) is 2.01. The van der Waals surface area contributed by atoms with Gasteiger partial charge in [0.05, 0.1) is 4.90 Å². The van der Waals surface area contributed by atoms with Crippen LogP contribution in [0.5, 0.6) is 5.75 Å². The lowest BCUT2D eigenvalue weighted by Crippen LogP contribution is -2.06. The molecule has 0 unspecified atom stereocenters. The Morgan fingerprint density at radius 1 is 1.08 bits per heavy atom. The van der Waals surface area contributed by atoms with Gasteiger partial charge in [0.15, 0.2) is 5.75 Å². The minimum absolute atomic E-state index is 0.0270. The third-order valence-corrected chi connectivity index (χ3v) is 5.32. The Hall–Kier alpha value is -2.80. The van der Waals surface area contributed by atoms with Crippen LogP contribution in [0.2, 0.25) is 0 Å². The summed E-state index contributed by atoms with van der Waals surface area (Å²) in [6, 6.07) is 10.3. The number of rotatable bonds is 1. The van der Waals surface area contributed by atoms with Crippen molar-refractivity contribution in [3.8, 4) is 5.75 Å². The normalized spacial score (nSPS) is 15.3. The van der Waals surface area contributed by atoms with Crippen LogP contribution in [0.1, 0.15) is 17.0 Å². The Morgan fingerprint density at radius 3 is 2.62 bits per heavy atom. The number of sulfonamides is 1. The van der Waals surface area contributed by atoms with Gasteiger partial charge in [0.2, 0.25) is 0 Å². The SMILES string of the molecule is Cc1nc(C2=NS(=O)(=O)c3ccccc32)c(O)c2cc(F)ccc12. The summed E-state index contributed by atoms with van der Waals surface area (Å²) in [4.78, 5) is 4.38. The van der Waals surface area contributed by atoms with Crippen molar-refractivity contribution in [3.63, 3.8) is 0 Å². The molecule has 24 heavy (non-hydrogen) atoms. The molecule has 0 amide bonds. The van der Waals surface area contributed by atoms with Crippen LogP contribution in [0.4, 0.5) is 4.39 Å². The van der Waals surface area contributed by atoms with Crippen LogP contribution in [-0.4, -0.2) is 24.2 Å². The van der Waals surface area contributed by atoms with Crippen LogP contribution >= 0.6 is 0 Å². The molecule has 0 saturated carbocycles. The summed E-state index contributed by atoms with van der Waals surface area (Å²) in [5.74, 6) is -0.795. The number of aromatic nitrogens is 1. The molecular formula is C17H11FN2O3S. The van der Waals surface area contributed by atoms with Crippen molar-refractivity contribution < 1.29 is 17.9 Å². The van der Waals surface area contributed by atoms with E-state index in [9.17, 15) is 17.9 Å². The Kier molecular flexibility index (Phi) is 2.98. The largest absolute Gasteiger partial charge is 0.505 e. The second kappa shape index (κ2) is 4.85. The molecule has 0 aliphatic carbocycles. The highest BCUT2D eigenvalue weighted by molar-refractivity contribution is 7.90. The fourth-order valence-corrected chi connectivity index (χ4v) is 4.09. The predicted molar refractivity (Wildman–Crippen MR) is 87.4 cm³/mol. The van der Waals surface area contributed by atoms with Gasteiger partial charge in [0, 0.05) is 22.0 Å². The molecule has 1 aliphatic heterocycles. The number of hydrogen-bond donors (Lipinski definition) is 1. The molecule has 5 nitrogen and oxygen atoms in total. The van der Waals surface area contributed by atoms with Gasteiger partial charge < -0.3 is 5.11 Å². The Balaban J connectivity index is 2.07. The molecule has 0 atom stereocenters. The fraction of sp³-hybridized carbons (Fsp3) is 0.0588. The monoisotopic (exact) mass is 342 g/mol. The van der Waals surface area contributed by atoms with E-state index < -0.39 is 15.8 Å². The molecule has 0 saturated heterocycles. The number of benzene rings is 2. The molecule has 1 aromatic heterocycles. The van der Waals surface area contributed by atoms with E-state index in [2.05, 4.69) is 9.38 Å². The maximum Gasteiger partial charge on any atom is 0.283 e. The topological polar surface area (TPSA) is 79.6 Å². The molecule has 0 fully saturated rings. The highest BCUT2D eigenvalue weighted by Crippen LogP contribution is 2.35. The van der Waals surface area contributed by atoms with Gasteiger partial charge in [-0.05, 0) is 31.2 Å². The molecule has 2 aromatic carbocycles. The zero-order chi connectivity index (χ0) is 17.1. The van der Waals surface area contributed by atoms with E-state index in [1.165, 1.54) is 24.3 Å². The first-order chi connectivity index (χ1) is 11.4. The lowest BCUT2D eigenvalue weighted by molar-refractivity contribution is 0.477. The predicted octanol–water partition coefficient (Wildman–Crippen LogP) is 2.93. The molecule has 4 rings (SSSR count). The van der Waals surface area contributed by atoms with Crippen LogP contribution in [0.15, 0.2) is 51.8 Å². The molecule has 7 heteroatoms. The lowest BCUT2D eigenvalue weighted by Gasteiger charge is -2.10. The average Bonchev–Trinajstić information content (AvgIpc) is 2.83. The summed E-state index contributed by atoms with van der Waals surface area (Å²) in [5.41, 5.74) is 1.01. The van der Waals surface area contributed by atoms with Crippen LogP contribution in [-0.2, 0) is 10.0 Å². The first-order valence-corrected chi connectivity index (χ1v) is 8.56. The van der Waals surface area contributed by atoms with Crippen LogP contribution in [0.3, 0.4) is 0 Å². The third-order valence-electron chi connectivity index (χ3n) is 3.99. The Labute approximate surface area is 137 Å². The molecule has 1 aliphatic rings. The summed E-state index contributed by atoms with van der Waals surface area (Å²) in [7, 11) is -3.83. The van der Waals surface area contributed by atoms with Crippen molar-refractivity contribution in [2.24, 2.45) is 4.40 Å². The van der Waals surface area contributed by atoms with Crippen molar-refractivity contribution in [2.75, 3.05) is 0 Å². The number of halogens is 1. The lowest BCUT2D eigenvalue weighted by atomic mass is 10.0.